The minimum atomic E-state index is -0.603. The number of hydrogen-bond donors (Lipinski definition) is 0. The lowest BCUT2D eigenvalue weighted by molar-refractivity contribution is -0.143. The average molecular weight is 318 g/mol. The van der Waals surface area contributed by atoms with Crippen LogP contribution < -0.4 is 0 Å². The van der Waals surface area contributed by atoms with Crippen LogP contribution in [0.4, 0.5) is 0 Å². The van der Waals surface area contributed by atoms with Crippen LogP contribution in [0.1, 0.15) is 49.8 Å². The highest BCUT2D eigenvalue weighted by atomic mass is 16.6. The lowest BCUT2D eigenvalue weighted by Gasteiger charge is -2.20. The van der Waals surface area contributed by atoms with Crippen LogP contribution >= 0.6 is 0 Å². The van der Waals surface area contributed by atoms with Gasteiger partial charge in [0.25, 0.3) is 0 Å². The Kier molecular flexibility index (Phi) is 4.45. The van der Waals surface area contributed by atoms with E-state index in [9.17, 15) is 9.59 Å². The van der Waals surface area contributed by atoms with Crippen LogP contribution in [0, 0.1) is 6.92 Å². The Morgan fingerprint density at radius 1 is 1.30 bits per heavy atom. The smallest absolute Gasteiger partial charge is 0.341 e. The zero-order valence-corrected chi connectivity index (χ0v) is 14.3. The summed E-state index contributed by atoms with van der Waals surface area (Å²) in [5, 5.41) is 0.662. The van der Waals surface area contributed by atoms with Crippen molar-refractivity contribution in [3.63, 3.8) is 0 Å². The molecule has 23 heavy (non-hydrogen) atoms. The van der Waals surface area contributed by atoms with Crippen LogP contribution in [0.3, 0.4) is 0 Å². The van der Waals surface area contributed by atoms with E-state index in [-0.39, 0.29) is 0 Å². The normalized spacial score (nSPS) is 13.0. The molecule has 0 fully saturated rings. The molecule has 2 heterocycles. The number of ether oxygens (including phenoxy) is 2. The van der Waals surface area contributed by atoms with Crippen molar-refractivity contribution < 1.29 is 19.1 Å². The predicted molar refractivity (Wildman–Crippen MR) is 86.4 cm³/mol. The predicted octanol–water partition coefficient (Wildman–Crippen LogP) is 3.03. The highest BCUT2D eigenvalue weighted by Crippen LogP contribution is 2.29. The van der Waals surface area contributed by atoms with Crippen molar-refractivity contribution in [1.29, 1.82) is 0 Å². The first kappa shape index (κ1) is 17.0. The number of carbonyl (C=O) groups excluding carboxylic acids is 2. The zero-order chi connectivity index (χ0) is 17.4. The van der Waals surface area contributed by atoms with E-state index in [1.54, 1.807) is 36.7 Å². The van der Waals surface area contributed by atoms with Crippen LogP contribution in [0.5, 0.6) is 0 Å². The number of rotatable bonds is 3. The van der Waals surface area contributed by atoms with Crippen LogP contribution in [-0.4, -0.2) is 34.2 Å². The summed E-state index contributed by atoms with van der Waals surface area (Å²) in [6, 6.07) is 2.96. The lowest BCUT2D eigenvalue weighted by Crippen LogP contribution is -2.24. The second kappa shape index (κ2) is 6.02. The Morgan fingerprint density at radius 2 is 1.96 bits per heavy atom. The van der Waals surface area contributed by atoms with Crippen molar-refractivity contribution >= 4 is 23.0 Å². The molecule has 6 heteroatoms. The maximum Gasteiger partial charge on any atom is 0.341 e. The molecule has 0 spiro atoms. The summed E-state index contributed by atoms with van der Waals surface area (Å²) in [5.41, 5.74) is 1.02. The fraction of sp³-hybridized carbons (Fsp3) is 0.471. The fourth-order valence-corrected chi connectivity index (χ4v) is 2.59. The van der Waals surface area contributed by atoms with Crippen LogP contribution in [0.25, 0.3) is 11.0 Å². The zero-order valence-electron chi connectivity index (χ0n) is 14.3. The monoisotopic (exact) mass is 318 g/mol. The molecule has 1 atom stereocenters. The van der Waals surface area contributed by atoms with Gasteiger partial charge in [0.2, 0.25) is 0 Å². The van der Waals surface area contributed by atoms with Crippen molar-refractivity contribution in [1.82, 2.24) is 9.55 Å². The summed E-state index contributed by atoms with van der Waals surface area (Å²) >= 11 is 0. The lowest BCUT2D eigenvalue weighted by atomic mass is 10.1. The van der Waals surface area contributed by atoms with Gasteiger partial charge in [0, 0.05) is 17.3 Å². The number of fused-ring (bicyclic) bond motifs is 1. The summed E-state index contributed by atoms with van der Waals surface area (Å²) in [5.74, 6) is -0.824. The van der Waals surface area contributed by atoms with Gasteiger partial charge in [-0.2, -0.15) is 0 Å². The third-order valence-corrected chi connectivity index (χ3v) is 3.54. The van der Waals surface area contributed by atoms with Crippen LogP contribution in [-0.2, 0) is 14.3 Å². The van der Waals surface area contributed by atoms with E-state index < -0.39 is 23.6 Å². The molecule has 2 aromatic rings. The number of aromatic nitrogens is 2. The van der Waals surface area contributed by atoms with Crippen molar-refractivity contribution in [2.45, 2.75) is 46.3 Å². The van der Waals surface area contributed by atoms with Crippen molar-refractivity contribution in [2.75, 3.05) is 7.11 Å². The second-order valence-corrected chi connectivity index (χ2v) is 6.41. The molecule has 6 nitrogen and oxygen atoms in total. The molecular weight excluding hydrogens is 296 g/mol. The summed E-state index contributed by atoms with van der Waals surface area (Å²) < 4.78 is 12.0. The molecule has 0 aliphatic carbocycles. The van der Waals surface area contributed by atoms with E-state index in [0.29, 0.717) is 22.3 Å². The molecule has 0 N–H and O–H groups in total. The van der Waals surface area contributed by atoms with Crippen molar-refractivity contribution in [3.05, 3.63) is 29.6 Å². The largest absolute Gasteiger partial charge is 0.467 e. The van der Waals surface area contributed by atoms with Crippen LogP contribution in [0.15, 0.2) is 18.3 Å². The van der Waals surface area contributed by atoms with E-state index in [0.717, 1.165) is 0 Å². The molecule has 0 saturated carbocycles. The third kappa shape index (κ3) is 3.21. The number of carbonyl (C=O) groups is 2. The van der Waals surface area contributed by atoms with Gasteiger partial charge in [0.15, 0.2) is 0 Å². The minimum absolute atomic E-state index is 0.397. The van der Waals surface area contributed by atoms with Gasteiger partial charge in [0.1, 0.15) is 17.3 Å². The van der Waals surface area contributed by atoms with Gasteiger partial charge >= 0.3 is 11.9 Å². The molecule has 2 rings (SSSR count). The molecule has 124 valence electrons. The number of hydrogen-bond acceptors (Lipinski definition) is 5. The maximum atomic E-state index is 12.6. The first-order valence-electron chi connectivity index (χ1n) is 7.44. The quantitative estimate of drug-likeness (QED) is 0.814. The topological polar surface area (TPSA) is 70.4 Å². The minimum Gasteiger partial charge on any atom is -0.467 e. The van der Waals surface area contributed by atoms with Gasteiger partial charge in [-0.1, -0.05) is 0 Å². The summed E-state index contributed by atoms with van der Waals surface area (Å²) in [6.45, 7) is 8.93. The molecule has 1 unspecified atom stereocenters. The van der Waals surface area contributed by atoms with Gasteiger partial charge in [0.05, 0.1) is 12.7 Å². The Hall–Kier alpha value is -2.37. The first-order chi connectivity index (χ1) is 10.7. The maximum absolute atomic E-state index is 12.6. The van der Waals surface area contributed by atoms with E-state index in [1.807, 2.05) is 20.8 Å². The highest BCUT2D eigenvalue weighted by Gasteiger charge is 2.29. The molecular formula is C17H22N2O4. The molecule has 0 amide bonds. The van der Waals surface area contributed by atoms with Gasteiger partial charge < -0.3 is 14.0 Å². The van der Waals surface area contributed by atoms with Gasteiger partial charge in [-0.3, -0.25) is 0 Å². The SMILES string of the molecule is COC(=O)C(C)n1c(C)c(C(=O)OC(C)(C)C)c2cccnc21. The highest BCUT2D eigenvalue weighted by molar-refractivity contribution is 6.05. The molecule has 0 saturated heterocycles. The van der Waals surface area contributed by atoms with Gasteiger partial charge in [-0.15, -0.1) is 0 Å². The van der Waals surface area contributed by atoms with E-state index in [2.05, 4.69) is 4.98 Å². The summed E-state index contributed by atoms with van der Waals surface area (Å²) in [7, 11) is 1.34. The van der Waals surface area contributed by atoms with Crippen molar-refractivity contribution in [2.24, 2.45) is 0 Å². The fourth-order valence-electron chi connectivity index (χ4n) is 2.59. The Balaban J connectivity index is 2.65. The Morgan fingerprint density at radius 3 is 2.52 bits per heavy atom. The van der Waals surface area contributed by atoms with Crippen LogP contribution in [0.2, 0.25) is 0 Å². The Labute approximate surface area is 135 Å². The number of pyridine rings is 1. The summed E-state index contributed by atoms with van der Waals surface area (Å²) in [4.78, 5) is 28.8. The van der Waals surface area contributed by atoms with Gasteiger partial charge in [-0.25, -0.2) is 14.6 Å². The molecule has 0 radical (unpaired) electrons. The second-order valence-electron chi connectivity index (χ2n) is 6.41. The Bertz CT molecular complexity index is 756. The summed E-state index contributed by atoms with van der Waals surface area (Å²) in [6.07, 6.45) is 1.63. The molecule has 2 aromatic heterocycles. The average Bonchev–Trinajstić information content (AvgIpc) is 2.75. The molecule has 0 aromatic carbocycles. The first-order valence-corrected chi connectivity index (χ1v) is 7.44. The molecule has 0 bridgehead atoms. The number of methoxy groups -OCH3 is 1. The molecule has 0 aliphatic rings. The van der Waals surface area contributed by atoms with Crippen molar-refractivity contribution in [3.8, 4) is 0 Å². The standard InChI is InChI=1S/C17H22N2O4/c1-10-13(16(21)23-17(3,4)5)12-8-7-9-18-14(12)19(10)11(2)15(20)22-6/h7-9,11H,1-6H3. The van der Waals surface area contributed by atoms with Gasteiger partial charge in [-0.05, 0) is 46.8 Å². The molecule has 0 aliphatic heterocycles. The van der Waals surface area contributed by atoms with E-state index in [1.165, 1.54) is 7.11 Å². The third-order valence-electron chi connectivity index (χ3n) is 3.54. The number of esters is 2. The number of nitrogens with zero attached hydrogens (tertiary/aromatic N) is 2. The van der Waals surface area contributed by atoms with E-state index in [4.69, 9.17) is 9.47 Å². The van der Waals surface area contributed by atoms with E-state index >= 15 is 0 Å².